The molecule has 8 heteroatoms. The van der Waals surface area contributed by atoms with Crippen molar-refractivity contribution in [3.63, 3.8) is 0 Å². The van der Waals surface area contributed by atoms with Gasteiger partial charge in [-0.15, -0.1) is 0 Å². The van der Waals surface area contributed by atoms with Crippen LogP contribution in [-0.4, -0.2) is 25.8 Å². The maximum Gasteiger partial charge on any atom is 0.340 e. The highest BCUT2D eigenvalue weighted by molar-refractivity contribution is 7.18. The number of aryl methyl sites for hydroxylation is 1. The molecule has 134 valence electrons. The van der Waals surface area contributed by atoms with Crippen molar-refractivity contribution < 1.29 is 4.79 Å². The molecule has 4 aromatic rings. The van der Waals surface area contributed by atoms with Gasteiger partial charge in [-0.25, -0.2) is 9.78 Å². The lowest BCUT2D eigenvalue weighted by molar-refractivity contribution is 0.248. The number of pyridine rings is 1. The van der Waals surface area contributed by atoms with E-state index in [9.17, 15) is 4.79 Å². The van der Waals surface area contributed by atoms with Crippen LogP contribution in [0.5, 0.6) is 0 Å². The predicted molar refractivity (Wildman–Crippen MR) is 108 cm³/mol. The van der Waals surface area contributed by atoms with E-state index in [2.05, 4.69) is 15.1 Å². The van der Waals surface area contributed by atoms with E-state index in [1.165, 1.54) is 16.0 Å². The Balaban J connectivity index is 1.84. The first kappa shape index (κ1) is 16.9. The molecule has 7 nitrogen and oxygen atoms in total. The molecule has 0 saturated heterocycles. The second-order valence-corrected chi connectivity index (χ2v) is 6.95. The SMILES string of the molecule is Cc1nc(N)sc1-c1ccc2c(C=Cc3ccccn3)nn(C(N)=O)c2c1. The fraction of sp³-hybridized carbons (Fsp3) is 0.0526. The number of primary amides is 1. The van der Waals surface area contributed by atoms with Gasteiger partial charge in [0.2, 0.25) is 0 Å². The molecule has 0 bridgehead atoms. The second kappa shape index (κ2) is 6.65. The van der Waals surface area contributed by atoms with E-state index in [0.717, 1.165) is 27.2 Å². The Bertz CT molecular complexity index is 1180. The molecule has 0 radical (unpaired) electrons. The number of carbonyl (C=O) groups excluding carboxylic acids is 1. The van der Waals surface area contributed by atoms with Gasteiger partial charge >= 0.3 is 6.03 Å². The highest BCUT2D eigenvalue weighted by Crippen LogP contribution is 2.34. The summed E-state index contributed by atoms with van der Waals surface area (Å²) in [5.41, 5.74) is 15.2. The van der Waals surface area contributed by atoms with Crippen molar-refractivity contribution in [2.75, 3.05) is 5.73 Å². The lowest BCUT2D eigenvalue weighted by Gasteiger charge is -2.01. The topological polar surface area (TPSA) is 113 Å². The van der Waals surface area contributed by atoms with Gasteiger partial charge in [-0.05, 0) is 48.9 Å². The number of carbonyl (C=O) groups is 1. The molecule has 3 heterocycles. The van der Waals surface area contributed by atoms with Crippen LogP contribution in [0.15, 0.2) is 42.6 Å². The fourth-order valence-corrected chi connectivity index (χ4v) is 3.73. The zero-order valence-corrected chi connectivity index (χ0v) is 15.3. The molecule has 1 aromatic carbocycles. The third-order valence-electron chi connectivity index (χ3n) is 4.09. The lowest BCUT2D eigenvalue weighted by atomic mass is 10.1. The van der Waals surface area contributed by atoms with E-state index >= 15 is 0 Å². The van der Waals surface area contributed by atoms with Gasteiger partial charge in [0.05, 0.1) is 27.5 Å². The zero-order chi connectivity index (χ0) is 19.0. The summed E-state index contributed by atoms with van der Waals surface area (Å²) in [4.78, 5) is 21.3. The van der Waals surface area contributed by atoms with Crippen molar-refractivity contribution in [1.29, 1.82) is 0 Å². The number of fused-ring (bicyclic) bond motifs is 1. The van der Waals surface area contributed by atoms with Crippen LogP contribution in [0.1, 0.15) is 17.1 Å². The third-order valence-corrected chi connectivity index (χ3v) is 5.13. The van der Waals surface area contributed by atoms with Crippen LogP contribution in [0.2, 0.25) is 0 Å². The molecule has 0 fully saturated rings. The van der Waals surface area contributed by atoms with Crippen LogP contribution in [0.3, 0.4) is 0 Å². The molecule has 0 saturated carbocycles. The van der Waals surface area contributed by atoms with Crippen LogP contribution < -0.4 is 11.5 Å². The Kier molecular flexibility index (Phi) is 4.17. The Morgan fingerprint density at radius 3 is 2.74 bits per heavy atom. The van der Waals surface area contributed by atoms with E-state index in [-0.39, 0.29) is 0 Å². The molecule has 0 aliphatic carbocycles. The third kappa shape index (κ3) is 3.18. The van der Waals surface area contributed by atoms with Gasteiger partial charge in [0.15, 0.2) is 5.13 Å². The molecule has 0 atom stereocenters. The van der Waals surface area contributed by atoms with Crippen molar-refractivity contribution in [2.24, 2.45) is 5.73 Å². The highest BCUT2D eigenvalue weighted by Gasteiger charge is 2.15. The van der Waals surface area contributed by atoms with Gasteiger partial charge in [0, 0.05) is 11.6 Å². The number of benzene rings is 1. The number of rotatable bonds is 3. The molecule has 0 unspecified atom stereocenters. The summed E-state index contributed by atoms with van der Waals surface area (Å²) < 4.78 is 1.21. The van der Waals surface area contributed by atoms with Crippen molar-refractivity contribution in [3.8, 4) is 10.4 Å². The number of anilines is 1. The van der Waals surface area contributed by atoms with Gasteiger partial charge < -0.3 is 11.5 Å². The minimum Gasteiger partial charge on any atom is -0.375 e. The molecule has 1 amide bonds. The molecule has 4 N–H and O–H groups in total. The quantitative estimate of drug-likeness (QED) is 0.568. The Morgan fingerprint density at radius 1 is 1.22 bits per heavy atom. The van der Waals surface area contributed by atoms with Gasteiger partial charge in [-0.1, -0.05) is 23.5 Å². The number of nitrogens with zero attached hydrogens (tertiary/aromatic N) is 4. The molecule has 0 aliphatic heterocycles. The van der Waals surface area contributed by atoms with E-state index in [4.69, 9.17) is 11.5 Å². The molecule has 27 heavy (non-hydrogen) atoms. The van der Waals surface area contributed by atoms with Crippen molar-refractivity contribution in [2.45, 2.75) is 6.92 Å². The predicted octanol–water partition coefficient (Wildman–Crippen LogP) is 3.54. The van der Waals surface area contributed by atoms with E-state index < -0.39 is 6.03 Å². The molecular formula is C19H16N6OS. The Labute approximate surface area is 159 Å². The van der Waals surface area contributed by atoms with Gasteiger partial charge in [0.1, 0.15) is 0 Å². The minimum absolute atomic E-state index is 0.505. The lowest BCUT2D eigenvalue weighted by Crippen LogP contribution is -2.20. The summed E-state index contributed by atoms with van der Waals surface area (Å²) in [6.45, 7) is 1.90. The summed E-state index contributed by atoms with van der Waals surface area (Å²) >= 11 is 1.40. The first-order chi connectivity index (χ1) is 13.0. The van der Waals surface area contributed by atoms with E-state index in [1.54, 1.807) is 6.20 Å². The van der Waals surface area contributed by atoms with Gasteiger partial charge in [-0.2, -0.15) is 9.78 Å². The molecule has 0 aliphatic rings. The summed E-state index contributed by atoms with van der Waals surface area (Å²) in [7, 11) is 0. The smallest absolute Gasteiger partial charge is 0.340 e. The van der Waals surface area contributed by atoms with Crippen molar-refractivity contribution in [3.05, 3.63) is 59.7 Å². The fourth-order valence-electron chi connectivity index (χ4n) is 2.90. The maximum atomic E-state index is 11.9. The molecular weight excluding hydrogens is 360 g/mol. The summed E-state index contributed by atoms with van der Waals surface area (Å²) in [6, 6.07) is 10.8. The average Bonchev–Trinajstić information content (AvgIpc) is 3.20. The molecule has 3 aromatic heterocycles. The van der Waals surface area contributed by atoms with Crippen molar-refractivity contribution >= 4 is 45.6 Å². The van der Waals surface area contributed by atoms with Crippen molar-refractivity contribution in [1.82, 2.24) is 19.7 Å². The zero-order valence-electron chi connectivity index (χ0n) is 14.5. The number of thiazole rings is 1. The number of amides is 1. The Morgan fingerprint density at radius 2 is 2.07 bits per heavy atom. The summed E-state index contributed by atoms with van der Waals surface area (Å²) in [5.74, 6) is 0. The van der Waals surface area contributed by atoms with Crippen LogP contribution in [-0.2, 0) is 0 Å². The number of hydrogen-bond donors (Lipinski definition) is 2. The van der Waals surface area contributed by atoms with Gasteiger partial charge in [-0.3, -0.25) is 4.98 Å². The Hall–Kier alpha value is -3.52. The van der Waals surface area contributed by atoms with E-state index in [0.29, 0.717) is 16.3 Å². The van der Waals surface area contributed by atoms with Crippen LogP contribution in [0, 0.1) is 6.92 Å². The minimum atomic E-state index is -0.643. The average molecular weight is 376 g/mol. The summed E-state index contributed by atoms with van der Waals surface area (Å²) in [6.07, 6.45) is 5.38. The summed E-state index contributed by atoms with van der Waals surface area (Å²) in [5, 5.41) is 5.68. The largest absolute Gasteiger partial charge is 0.375 e. The molecule has 0 spiro atoms. The molecule has 4 rings (SSSR count). The highest BCUT2D eigenvalue weighted by atomic mass is 32.1. The number of nitrogens with two attached hydrogens (primary N) is 2. The van der Waals surface area contributed by atoms with E-state index in [1.807, 2.05) is 55.5 Å². The van der Waals surface area contributed by atoms with Crippen LogP contribution >= 0.6 is 11.3 Å². The first-order valence-corrected chi connectivity index (χ1v) is 8.99. The maximum absolute atomic E-state index is 11.9. The number of aromatic nitrogens is 4. The van der Waals surface area contributed by atoms with Crippen LogP contribution in [0.4, 0.5) is 9.93 Å². The first-order valence-electron chi connectivity index (χ1n) is 8.18. The number of hydrogen-bond acceptors (Lipinski definition) is 6. The standard InChI is InChI=1S/C19H16N6OS/c1-11-17(27-18(20)23-11)12-5-7-14-15(8-6-13-4-2-3-9-22-13)24-25(19(21)26)16(14)10-12/h2-10H,1H3,(H2,20,23)(H2,21,26). The number of nitrogen functional groups attached to an aromatic ring is 1. The second-order valence-electron chi connectivity index (χ2n) is 5.92. The normalized spacial score (nSPS) is 11.4. The van der Waals surface area contributed by atoms with Crippen LogP contribution in [0.25, 0.3) is 33.5 Å². The monoisotopic (exact) mass is 376 g/mol. The van der Waals surface area contributed by atoms with Gasteiger partial charge in [0.25, 0.3) is 0 Å².